The predicted octanol–water partition coefficient (Wildman–Crippen LogP) is 2.29. The number of amides is 1. The number of carbonyl (C=O) groups is 2. The average Bonchev–Trinajstić information content (AvgIpc) is 3.49. The molecule has 2 aliphatic rings. The first-order valence-electron chi connectivity index (χ1n) is 12.2. The van der Waals surface area contributed by atoms with Gasteiger partial charge in [-0.3, -0.25) is 14.3 Å². The van der Waals surface area contributed by atoms with Crippen molar-refractivity contribution in [1.82, 2.24) is 14.8 Å². The summed E-state index contributed by atoms with van der Waals surface area (Å²) in [6.45, 7) is 3.01. The molecule has 3 N–H and O–H groups in total. The minimum Gasteiger partial charge on any atom is -0.459 e. The van der Waals surface area contributed by atoms with Gasteiger partial charge in [-0.05, 0) is 43.5 Å². The van der Waals surface area contributed by atoms with Crippen molar-refractivity contribution in [3.05, 3.63) is 42.2 Å². The Balaban J connectivity index is 1.36. The first-order valence-corrected chi connectivity index (χ1v) is 12.2. The van der Waals surface area contributed by atoms with Crippen molar-refractivity contribution in [2.45, 2.75) is 31.8 Å². The number of hydrogen-bond acceptors (Lipinski definition) is 8. The Kier molecular flexibility index (Phi) is 6.54. The van der Waals surface area contributed by atoms with E-state index in [9.17, 15) is 9.59 Å². The number of nitrogens with zero attached hydrogens (tertiary/aromatic N) is 5. The molecule has 0 aliphatic carbocycles. The zero-order valence-corrected chi connectivity index (χ0v) is 19.9. The molecule has 10 nitrogen and oxygen atoms in total. The van der Waals surface area contributed by atoms with Gasteiger partial charge in [-0.2, -0.15) is 5.10 Å². The summed E-state index contributed by atoms with van der Waals surface area (Å²) in [6.07, 6.45) is 5.93. The number of aromatic nitrogens is 3. The number of piperidine rings is 1. The van der Waals surface area contributed by atoms with Crippen LogP contribution in [0.4, 0.5) is 17.2 Å². The highest BCUT2D eigenvalue weighted by molar-refractivity contribution is 6.06. The number of nitrogens with one attached hydrogen (secondary N) is 1. The Morgan fingerprint density at radius 3 is 2.77 bits per heavy atom. The topological polar surface area (TPSA) is 119 Å². The Labute approximate surface area is 204 Å². The third kappa shape index (κ3) is 5.07. The van der Waals surface area contributed by atoms with Gasteiger partial charge in [0.1, 0.15) is 17.6 Å². The Morgan fingerprint density at radius 2 is 1.97 bits per heavy atom. The van der Waals surface area contributed by atoms with Gasteiger partial charge in [0.2, 0.25) is 0 Å². The van der Waals surface area contributed by atoms with Gasteiger partial charge in [0.05, 0.1) is 30.0 Å². The lowest BCUT2D eigenvalue weighted by Crippen LogP contribution is -2.30. The second kappa shape index (κ2) is 9.91. The van der Waals surface area contributed by atoms with Crippen molar-refractivity contribution >= 4 is 40.0 Å². The summed E-state index contributed by atoms with van der Waals surface area (Å²) in [6, 6.07) is 9.46. The van der Waals surface area contributed by atoms with Gasteiger partial charge in [-0.25, -0.2) is 4.98 Å². The molecule has 1 atom stereocenters. The van der Waals surface area contributed by atoms with Gasteiger partial charge >= 0.3 is 5.97 Å². The van der Waals surface area contributed by atoms with Crippen molar-refractivity contribution in [2.75, 3.05) is 47.8 Å². The molecule has 2 saturated heterocycles. The van der Waals surface area contributed by atoms with Crippen LogP contribution < -0.4 is 20.9 Å². The third-order valence-electron chi connectivity index (χ3n) is 6.58. The first-order chi connectivity index (χ1) is 17.0. The van der Waals surface area contributed by atoms with Crippen LogP contribution in [0, 0.1) is 0 Å². The van der Waals surface area contributed by atoms with Crippen molar-refractivity contribution in [1.29, 1.82) is 0 Å². The van der Waals surface area contributed by atoms with E-state index in [-0.39, 0.29) is 18.6 Å². The molecule has 0 radical (unpaired) electrons. The van der Waals surface area contributed by atoms with Crippen LogP contribution in [0.15, 0.2) is 36.5 Å². The molecule has 0 bridgehead atoms. The largest absolute Gasteiger partial charge is 0.459 e. The number of esters is 1. The summed E-state index contributed by atoms with van der Waals surface area (Å²) < 4.78 is 7.14. The summed E-state index contributed by atoms with van der Waals surface area (Å²) in [4.78, 5) is 33.8. The van der Waals surface area contributed by atoms with E-state index in [1.165, 1.54) is 6.42 Å². The fourth-order valence-electron chi connectivity index (χ4n) is 4.86. The van der Waals surface area contributed by atoms with Crippen LogP contribution in [0.3, 0.4) is 0 Å². The number of aryl methyl sites for hydroxylation is 1. The van der Waals surface area contributed by atoms with E-state index in [0.29, 0.717) is 31.0 Å². The first kappa shape index (κ1) is 23.1. The summed E-state index contributed by atoms with van der Waals surface area (Å²) in [5.74, 6) is 0.00889. The second-order valence-corrected chi connectivity index (χ2v) is 9.16. The van der Waals surface area contributed by atoms with Crippen molar-refractivity contribution in [3.8, 4) is 0 Å². The van der Waals surface area contributed by atoms with E-state index in [1.807, 2.05) is 36.3 Å². The fraction of sp³-hybridized carbons (Fsp3) is 0.440. The Hall–Kier alpha value is -3.66. The maximum atomic E-state index is 13.3. The minimum atomic E-state index is -0.409. The highest BCUT2D eigenvalue weighted by Gasteiger charge is 2.27. The Morgan fingerprint density at radius 1 is 1.14 bits per heavy atom. The van der Waals surface area contributed by atoms with Gasteiger partial charge in [0.25, 0.3) is 5.91 Å². The zero-order valence-electron chi connectivity index (χ0n) is 19.9. The van der Waals surface area contributed by atoms with Gasteiger partial charge < -0.3 is 25.6 Å². The van der Waals surface area contributed by atoms with Crippen LogP contribution in [0.1, 0.15) is 36.2 Å². The number of fused-ring (bicyclic) bond motifs is 1. The lowest BCUT2D eigenvalue weighted by molar-refractivity contribution is -0.146. The molecule has 4 heterocycles. The third-order valence-corrected chi connectivity index (χ3v) is 6.58. The molecular weight excluding hydrogens is 446 g/mol. The quantitative estimate of drug-likeness (QED) is 0.519. The standard InChI is InChI=1S/C25H31N7O3/c1-30-15-17-12-21(22(13-20(17)29-30)31-9-3-2-4-10-31)28-25(34)19-6-5-7-23(27-19)32-11-8-18(16-32)35-24(33)14-26/h5-7,12-13,15,18H,2-4,8-11,14,16,26H2,1H3,(H,28,34)/t18-/m1/s1. The minimum absolute atomic E-state index is 0.130. The summed E-state index contributed by atoms with van der Waals surface area (Å²) in [5.41, 5.74) is 8.35. The number of nitrogens with two attached hydrogens (primary N) is 1. The maximum absolute atomic E-state index is 13.3. The van der Waals surface area contributed by atoms with Crippen LogP contribution in [0.5, 0.6) is 0 Å². The molecule has 0 spiro atoms. The smallest absolute Gasteiger partial charge is 0.320 e. The van der Waals surface area contributed by atoms with Crippen LogP contribution in [-0.2, 0) is 16.6 Å². The van der Waals surface area contributed by atoms with Gasteiger partial charge in [-0.1, -0.05) is 6.07 Å². The van der Waals surface area contributed by atoms with E-state index < -0.39 is 5.97 Å². The van der Waals surface area contributed by atoms with Crippen molar-refractivity contribution < 1.29 is 14.3 Å². The predicted molar refractivity (Wildman–Crippen MR) is 135 cm³/mol. The summed E-state index contributed by atoms with van der Waals surface area (Å²) in [5, 5.41) is 8.63. The maximum Gasteiger partial charge on any atom is 0.320 e. The molecule has 2 aromatic heterocycles. The van der Waals surface area contributed by atoms with Gasteiger partial charge in [0, 0.05) is 44.7 Å². The van der Waals surface area contributed by atoms with Gasteiger partial charge in [0.15, 0.2) is 0 Å². The fourth-order valence-corrected chi connectivity index (χ4v) is 4.86. The molecule has 2 aliphatic heterocycles. The molecule has 2 fully saturated rings. The molecule has 3 aromatic rings. The molecule has 184 valence electrons. The summed E-state index contributed by atoms with van der Waals surface area (Å²) >= 11 is 0. The number of ether oxygens (including phenoxy) is 1. The van der Waals surface area contributed by atoms with E-state index in [1.54, 1.807) is 10.7 Å². The zero-order chi connectivity index (χ0) is 24.4. The second-order valence-electron chi connectivity index (χ2n) is 9.16. The van der Waals surface area contributed by atoms with Crippen LogP contribution >= 0.6 is 0 Å². The van der Waals surface area contributed by atoms with E-state index in [4.69, 9.17) is 10.5 Å². The van der Waals surface area contributed by atoms with E-state index in [0.717, 1.165) is 48.2 Å². The molecular formula is C25H31N7O3. The highest BCUT2D eigenvalue weighted by atomic mass is 16.5. The number of hydrogen-bond donors (Lipinski definition) is 2. The number of anilines is 3. The molecule has 1 amide bonds. The molecule has 10 heteroatoms. The molecule has 0 saturated carbocycles. The lowest BCUT2D eigenvalue weighted by atomic mass is 10.1. The summed E-state index contributed by atoms with van der Waals surface area (Å²) in [7, 11) is 1.90. The van der Waals surface area contributed by atoms with Gasteiger partial charge in [-0.15, -0.1) is 0 Å². The lowest BCUT2D eigenvalue weighted by Gasteiger charge is -2.30. The number of rotatable bonds is 6. The van der Waals surface area contributed by atoms with Crippen molar-refractivity contribution in [2.24, 2.45) is 12.8 Å². The monoisotopic (exact) mass is 477 g/mol. The van der Waals surface area contributed by atoms with Crippen molar-refractivity contribution in [3.63, 3.8) is 0 Å². The normalized spacial score (nSPS) is 18.2. The Bertz CT molecular complexity index is 1240. The van der Waals surface area contributed by atoms with Crippen LogP contribution in [0.25, 0.3) is 10.9 Å². The molecule has 1 aromatic carbocycles. The average molecular weight is 478 g/mol. The van der Waals surface area contributed by atoms with E-state index >= 15 is 0 Å². The van der Waals surface area contributed by atoms with Crippen LogP contribution in [-0.4, -0.2) is 65.5 Å². The number of pyridine rings is 1. The highest BCUT2D eigenvalue weighted by Crippen LogP contribution is 2.33. The number of carbonyl (C=O) groups excluding carboxylic acids is 2. The molecule has 0 unspecified atom stereocenters. The van der Waals surface area contributed by atoms with Crippen LogP contribution in [0.2, 0.25) is 0 Å². The molecule has 35 heavy (non-hydrogen) atoms. The van der Waals surface area contributed by atoms with E-state index in [2.05, 4.69) is 26.4 Å². The molecule has 5 rings (SSSR count). The SMILES string of the molecule is Cn1cc2cc(NC(=O)c3cccc(N4CC[C@@H](OC(=O)CN)C4)n3)c(N3CCCCC3)cc2n1. The number of benzene rings is 1.